The minimum atomic E-state index is -1.86. The summed E-state index contributed by atoms with van der Waals surface area (Å²) in [4.78, 5) is 27.2. The van der Waals surface area contributed by atoms with Crippen LogP contribution in [0.2, 0.25) is 0 Å². The van der Waals surface area contributed by atoms with Gasteiger partial charge in [-0.1, -0.05) is 5.24 Å². The lowest BCUT2D eigenvalue weighted by molar-refractivity contribution is -0.107. The maximum absolute atomic E-state index is 14.2. The average molecular weight is 535 g/mol. The molecule has 2 aromatic heterocycles. The van der Waals surface area contributed by atoms with Crippen molar-refractivity contribution in [2.24, 2.45) is 0 Å². The lowest BCUT2D eigenvalue weighted by atomic mass is 9.49. The SMILES string of the molecule is CNc1cnn(C(C)(C)C)c1.[B]C([B])([B])NC(=O)c1ccc2nccc(Oc3cc(F)c(CC=O)cc3C)c2c1. The van der Waals surface area contributed by atoms with Crippen LogP contribution in [0, 0.1) is 12.7 Å². The molecule has 0 aliphatic rings. The summed E-state index contributed by atoms with van der Waals surface area (Å²) in [5.74, 6) is -0.463. The van der Waals surface area contributed by atoms with Crippen molar-refractivity contribution in [1.29, 1.82) is 0 Å². The van der Waals surface area contributed by atoms with E-state index in [9.17, 15) is 14.0 Å². The number of ether oxygens (including phenoxy) is 1. The Balaban J connectivity index is 0.000000336. The number of halogens is 1. The van der Waals surface area contributed by atoms with Gasteiger partial charge in [-0.05, 0) is 69.2 Å². The van der Waals surface area contributed by atoms with Gasteiger partial charge in [0.25, 0.3) is 0 Å². The number of hydrogen-bond acceptors (Lipinski definition) is 6. The van der Waals surface area contributed by atoms with Crippen LogP contribution in [-0.2, 0) is 16.8 Å². The monoisotopic (exact) mass is 535 g/mol. The van der Waals surface area contributed by atoms with Gasteiger partial charge in [0.15, 0.2) is 0 Å². The zero-order chi connectivity index (χ0) is 29.7. The number of aldehydes is 1. The molecule has 6 radical (unpaired) electrons. The number of pyridine rings is 1. The van der Waals surface area contributed by atoms with Gasteiger partial charge in [-0.3, -0.25) is 14.5 Å². The highest BCUT2D eigenvalue weighted by Gasteiger charge is 2.17. The van der Waals surface area contributed by atoms with Crippen molar-refractivity contribution < 1.29 is 18.7 Å². The largest absolute Gasteiger partial charge is 0.456 e. The first-order valence-electron chi connectivity index (χ1n) is 12.4. The van der Waals surface area contributed by atoms with Crippen molar-refractivity contribution in [3.8, 4) is 11.5 Å². The molecule has 0 fully saturated rings. The van der Waals surface area contributed by atoms with Crippen molar-refractivity contribution in [3.05, 3.63) is 77.5 Å². The number of nitrogens with one attached hydrogen (secondary N) is 2. The molecule has 2 aromatic carbocycles. The number of amides is 1. The number of carbonyl (C=O) groups is 2. The van der Waals surface area contributed by atoms with Gasteiger partial charge in [-0.25, -0.2) is 4.39 Å². The van der Waals surface area contributed by atoms with Crippen molar-refractivity contribution in [2.45, 2.75) is 44.9 Å². The first-order valence-corrected chi connectivity index (χ1v) is 12.4. The Hall–Kier alpha value is -4.08. The number of nitrogens with zero attached hydrogens (tertiary/aromatic N) is 3. The second kappa shape index (κ2) is 12.4. The summed E-state index contributed by atoms with van der Waals surface area (Å²) < 4.78 is 22.1. The third-order valence-electron chi connectivity index (χ3n) is 5.72. The number of anilines is 1. The third kappa shape index (κ3) is 7.97. The molecule has 0 bridgehead atoms. The minimum absolute atomic E-state index is 0.0193. The summed E-state index contributed by atoms with van der Waals surface area (Å²) in [7, 11) is 18.1. The Labute approximate surface area is 237 Å². The van der Waals surface area contributed by atoms with E-state index in [2.05, 4.69) is 41.5 Å². The second-order valence-corrected chi connectivity index (χ2v) is 10.2. The maximum Gasteiger partial charge on any atom is 0.249 e. The fraction of sp³-hybridized carbons (Fsp3) is 0.286. The van der Waals surface area contributed by atoms with E-state index >= 15 is 0 Å². The highest BCUT2D eigenvalue weighted by atomic mass is 19.1. The Morgan fingerprint density at radius 3 is 2.42 bits per heavy atom. The van der Waals surface area contributed by atoms with Gasteiger partial charge in [0.05, 0.1) is 46.5 Å². The predicted molar refractivity (Wildman–Crippen MR) is 157 cm³/mol. The van der Waals surface area contributed by atoms with Gasteiger partial charge >= 0.3 is 0 Å². The number of carbonyl (C=O) groups excluding carboxylic acids is 2. The zero-order valence-corrected chi connectivity index (χ0v) is 23.2. The lowest BCUT2D eigenvalue weighted by Gasteiger charge is -2.22. The molecule has 1 amide bonds. The molecule has 0 aliphatic carbocycles. The fourth-order valence-corrected chi connectivity index (χ4v) is 3.64. The Kier molecular flexibility index (Phi) is 9.45. The summed E-state index contributed by atoms with van der Waals surface area (Å²) in [6.07, 6.45) is 5.98. The topological polar surface area (TPSA) is 98.1 Å². The fourth-order valence-electron chi connectivity index (χ4n) is 3.64. The molecule has 200 valence electrons. The molecule has 40 heavy (non-hydrogen) atoms. The van der Waals surface area contributed by atoms with Crippen LogP contribution in [0.4, 0.5) is 10.1 Å². The van der Waals surface area contributed by atoms with E-state index in [1.54, 1.807) is 37.3 Å². The molecule has 4 rings (SSSR count). The number of aromatic nitrogens is 3. The summed E-state index contributed by atoms with van der Waals surface area (Å²) in [6, 6.07) is 9.10. The molecule has 0 saturated heterocycles. The Bertz CT molecular complexity index is 1510. The lowest BCUT2D eigenvalue weighted by Crippen LogP contribution is -2.50. The molecular formula is C28H29B3FN5O3. The quantitative estimate of drug-likeness (QED) is 0.277. The van der Waals surface area contributed by atoms with Crippen molar-refractivity contribution in [1.82, 2.24) is 20.1 Å². The van der Waals surface area contributed by atoms with E-state index in [0.717, 1.165) is 5.69 Å². The first-order chi connectivity index (χ1) is 18.7. The van der Waals surface area contributed by atoms with Crippen LogP contribution in [0.1, 0.15) is 42.3 Å². The van der Waals surface area contributed by atoms with Crippen LogP contribution in [-0.4, -0.2) is 62.8 Å². The Morgan fingerprint density at radius 2 is 1.85 bits per heavy atom. The van der Waals surface area contributed by atoms with Crippen LogP contribution in [0.25, 0.3) is 10.9 Å². The van der Waals surface area contributed by atoms with Crippen molar-refractivity contribution in [2.75, 3.05) is 12.4 Å². The van der Waals surface area contributed by atoms with Crippen LogP contribution in [0.3, 0.4) is 0 Å². The van der Waals surface area contributed by atoms with E-state index in [1.807, 2.05) is 24.1 Å². The normalized spacial score (nSPS) is 11.3. The zero-order valence-electron chi connectivity index (χ0n) is 23.2. The average Bonchev–Trinajstić information content (AvgIpc) is 3.37. The molecule has 12 heteroatoms. The number of benzene rings is 2. The van der Waals surface area contributed by atoms with Crippen molar-refractivity contribution >= 4 is 52.3 Å². The van der Waals surface area contributed by atoms with Crippen LogP contribution < -0.4 is 15.4 Å². The van der Waals surface area contributed by atoms with Gasteiger partial charge in [-0.2, -0.15) is 5.10 Å². The van der Waals surface area contributed by atoms with Crippen molar-refractivity contribution in [3.63, 3.8) is 0 Å². The summed E-state index contributed by atoms with van der Waals surface area (Å²) in [5.41, 5.74) is 2.88. The number of fused-ring (bicyclic) bond motifs is 1. The highest BCUT2D eigenvalue weighted by molar-refractivity contribution is 6.60. The standard InChI is InChI=1S/C20H14B3FN2O3.C8H15N3/c1-11-8-12(5-7-27)15(24)10-18(11)29-17-4-6-25-16-3-2-13(9-14(16)17)19(28)26-20(21,22)23;1-8(2,3)11-6-7(9-4)5-10-11/h2-4,6-10H,5H2,1H3,(H,26,28);5-6,9H,1-4H3. The van der Waals surface area contributed by atoms with Gasteiger partial charge in [0, 0.05) is 42.9 Å². The molecular weight excluding hydrogens is 506 g/mol. The van der Waals surface area contributed by atoms with E-state index in [0.29, 0.717) is 28.5 Å². The molecule has 0 spiro atoms. The van der Waals surface area contributed by atoms with Gasteiger partial charge in [-0.15, -0.1) is 0 Å². The molecule has 2 heterocycles. The Morgan fingerprint density at radius 1 is 1.12 bits per heavy atom. The van der Waals surface area contributed by atoms with E-state index in [1.165, 1.54) is 12.3 Å². The number of rotatable bonds is 7. The molecule has 8 nitrogen and oxygen atoms in total. The van der Waals surface area contributed by atoms with Crippen LogP contribution in [0.5, 0.6) is 11.5 Å². The van der Waals surface area contributed by atoms with E-state index in [-0.39, 0.29) is 28.8 Å². The second-order valence-electron chi connectivity index (χ2n) is 10.2. The third-order valence-corrected chi connectivity index (χ3v) is 5.72. The summed E-state index contributed by atoms with van der Waals surface area (Å²) >= 11 is 0. The molecule has 2 N–H and O–H groups in total. The number of hydrogen-bond donors (Lipinski definition) is 2. The smallest absolute Gasteiger partial charge is 0.249 e. The molecule has 0 saturated carbocycles. The van der Waals surface area contributed by atoms with Crippen LogP contribution >= 0.6 is 0 Å². The molecule has 0 atom stereocenters. The van der Waals surface area contributed by atoms with Gasteiger partial charge in [0.2, 0.25) is 5.91 Å². The first kappa shape index (κ1) is 30.5. The molecule has 0 aliphatic heterocycles. The van der Waals surface area contributed by atoms with E-state index < -0.39 is 17.0 Å². The van der Waals surface area contributed by atoms with E-state index in [4.69, 9.17) is 28.3 Å². The van der Waals surface area contributed by atoms with Gasteiger partial charge in [0.1, 0.15) is 23.6 Å². The maximum atomic E-state index is 14.2. The molecule has 4 aromatic rings. The molecule has 0 unspecified atom stereocenters. The summed E-state index contributed by atoms with van der Waals surface area (Å²) in [6.45, 7) is 8.12. The highest BCUT2D eigenvalue weighted by Crippen LogP contribution is 2.32. The van der Waals surface area contributed by atoms with Gasteiger partial charge < -0.3 is 20.2 Å². The van der Waals surface area contributed by atoms with Crippen LogP contribution in [0.15, 0.2) is 55.0 Å². The predicted octanol–water partition coefficient (Wildman–Crippen LogP) is 3.74. The minimum Gasteiger partial charge on any atom is -0.456 e. The summed E-state index contributed by atoms with van der Waals surface area (Å²) in [5, 5.41) is 8.17. The number of aryl methyl sites for hydroxylation is 1.